The maximum Gasteiger partial charge on any atom is 0.354 e. The first-order valence-electron chi connectivity index (χ1n) is 18.7. The summed E-state index contributed by atoms with van der Waals surface area (Å²) in [4.78, 5) is 85.2. The fourth-order valence-corrected chi connectivity index (χ4v) is 5.75. The topological polar surface area (TPSA) is 289 Å². The maximum absolute atomic E-state index is 13.6. The number of aromatic hydroxyl groups is 1. The first-order valence-corrected chi connectivity index (χ1v) is 18.7. The summed E-state index contributed by atoms with van der Waals surface area (Å²) < 4.78 is 10.4. The second-order valence-electron chi connectivity index (χ2n) is 13.4. The van der Waals surface area contributed by atoms with Gasteiger partial charge in [-0.15, -0.1) is 0 Å². The Morgan fingerprint density at radius 2 is 1.24 bits per heavy atom. The molecule has 0 bridgehead atoms. The number of amides is 5. The van der Waals surface area contributed by atoms with Crippen molar-refractivity contribution in [1.29, 1.82) is 0 Å². The number of hydrogen-bond acceptors (Lipinski definition) is 13. The van der Waals surface area contributed by atoms with Gasteiger partial charge < -0.3 is 46.3 Å². The van der Waals surface area contributed by atoms with Crippen LogP contribution in [0.5, 0.6) is 17.5 Å². The van der Waals surface area contributed by atoms with Crippen LogP contribution in [0.25, 0.3) is 6.08 Å². The number of benzene rings is 3. The Kier molecular flexibility index (Phi) is 13.8. The molecular formula is C43H38N10O10. The van der Waals surface area contributed by atoms with E-state index in [2.05, 4.69) is 52.0 Å². The van der Waals surface area contributed by atoms with Crippen molar-refractivity contribution in [3.05, 3.63) is 143 Å². The largest absolute Gasteiger partial charge is 0.508 e. The second-order valence-corrected chi connectivity index (χ2v) is 13.4. The lowest BCUT2D eigenvalue weighted by atomic mass is 10.1. The van der Waals surface area contributed by atoms with Gasteiger partial charge in [-0.1, -0.05) is 12.1 Å². The summed E-state index contributed by atoms with van der Waals surface area (Å²) in [6.07, 6.45) is 3.07. The minimum atomic E-state index is -1.27. The summed E-state index contributed by atoms with van der Waals surface area (Å²) in [5.41, 5.74) is 2.55. The first kappa shape index (κ1) is 43.6. The predicted octanol–water partition coefficient (Wildman–Crippen LogP) is 4.54. The summed E-state index contributed by atoms with van der Waals surface area (Å²) in [5, 5.41) is 42.4. The van der Waals surface area contributed by atoms with Gasteiger partial charge in [0.25, 0.3) is 23.6 Å². The summed E-state index contributed by atoms with van der Waals surface area (Å²) in [6, 6.07) is 22.5. The lowest BCUT2D eigenvalue weighted by Crippen LogP contribution is -2.45. The fraction of sp³-hybridized carbons (Fsp3) is 0.116. The molecule has 0 radical (unpaired) electrons. The molecule has 8 N–H and O–H groups in total. The summed E-state index contributed by atoms with van der Waals surface area (Å²) in [5.74, 6) is -4.16. The highest BCUT2D eigenvalue weighted by Crippen LogP contribution is 2.26. The molecule has 3 aromatic carbocycles. The summed E-state index contributed by atoms with van der Waals surface area (Å²) in [6.45, 7) is 1.65. The van der Waals surface area contributed by atoms with E-state index in [0.29, 0.717) is 22.6 Å². The van der Waals surface area contributed by atoms with Crippen molar-refractivity contribution in [3.8, 4) is 17.5 Å². The minimum Gasteiger partial charge on any atom is -0.508 e. The lowest BCUT2D eigenvalue weighted by molar-refractivity contribution is -0.118. The monoisotopic (exact) mass is 854 g/mol. The number of anilines is 4. The van der Waals surface area contributed by atoms with E-state index < -0.39 is 35.6 Å². The molecule has 0 saturated carbocycles. The Hall–Kier alpha value is -8.94. The average Bonchev–Trinajstić information content (AvgIpc) is 3.80. The Morgan fingerprint density at radius 1 is 0.683 bits per heavy atom. The Bertz CT molecular complexity index is 2690. The number of aromatic nitrogens is 5. The van der Waals surface area contributed by atoms with E-state index in [9.17, 15) is 39.0 Å². The predicted molar refractivity (Wildman–Crippen MR) is 228 cm³/mol. The molecular weight excluding hydrogens is 817 g/mol. The molecule has 5 amide bonds. The van der Waals surface area contributed by atoms with Crippen LogP contribution in [-0.4, -0.2) is 91.4 Å². The Balaban J connectivity index is 1.06. The SMILES string of the molecule is COc1nc(C(=O)Nc2ccc(C(=O)O)nc2OC)ccc1NC(=O)c1ccc(NC(=O)[C@H](Cc2cn[nH]n2)NC(=O)c2ccc(NC(=O)/C(C)=C/c3ccc(O)cc3)cc2)cc1. The van der Waals surface area contributed by atoms with E-state index in [1.165, 1.54) is 93.2 Å². The zero-order valence-electron chi connectivity index (χ0n) is 33.6. The van der Waals surface area contributed by atoms with Gasteiger partial charge in [-0.3, -0.25) is 24.0 Å². The molecule has 0 saturated heterocycles. The van der Waals surface area contributed by atoms with Gasteiger partial charge in [0.2, 0.25) is 17.7 Å². The van der Waals surface area contributed by atoms with Crippen molar-refractivity contribution in [3.63, 3.8) is 0 Å². The quantitative estimate of drug-likeness (QED) is 0.0621. The molecule has 3 aromatic heterocycles. The number of carboxylic acid groups (broad SMARTS) is 1. The van der Waals surface area contributed by atoms with Gasteiger partial charge >= 0.3 is 5.97 Å². The van der Waals surface area contributed by atoms with Crippen molar-refractivity contribution in [1.82, 2.24) is 30.7 Å². The molecule has 0 aliphatic rings. The number of carbonyl (C=O) groups excluding carboxylic acids is 5. The number of carbonyl (C=O) groups is 6. The van der Waals surface area contributed by atoms with Crippen LogP contribution in [0.4, 0.5) is 22.7 Å². The fourth-order valence-electron chi connectivity index (χ4n) is 5.75. The lowest BCUT2D eigenvalue weighted by Gasteiger charge is -2.18. The molecule has 0 fully saturated rings. The number of H-pyrrole nitrogens is 1. The normalized spacial score (nSPS) is 11.4. The van der Waals surface area contributed by atoms with Crippen molar-refractivity contribution in [2.75, 3.05) is 35.5 Å². The molecule has 3 heterocycles. The Morgan fingerprint density at radius 3 is 1.81 bits per heavy atom. The number of hydrogen-bond donors (Lipinski definition) is 8. The van der Waals surface area contributed by atoms with Gasteiger partial charge in [0.1, 0.15) is 28.9 Å². The van der Waals surface area contributed by atoms with Gasteiger partial charge in [0.05, 0.1) is 26.1 Å². The van der Waals surface area contributed by atoms with E-state index in [-0.39, 0.29) is 63.7 Å². The third-order valence-electron chi connectivity index (χ3n) is 9.01. The van der Waals surface area contributed by atoms with Crippen LogP contribution in [0.2, 0.25) is 0 Å². The number of nitrogens with zero attached hydrogens (tertiary/aromatic N) is 4. The summed E-state index contributed by atoms with van der Waals surface area (Å²) in [7, 11) is 2.57. The molecule has 0 aliphatic heterocycles. The number of rotatable bonds is 16. The number of nitrogens with one attached hydrogen (secondary N) is 6. The standard InChI is InChI=1S/C43H38N10O10/c1-23(20-24-4-14-30(54)15-5-24)36(55)45-27-10-6-26(7-11-27)38(57)49-35(21-29-22-44-53-52-29)40(59)46-28-12-8-25(9-13-28)37(56)47-32-17-16-31(50-41(32)62-2)39(58)48-33-18-19-34(43(60)61)51-42(33)63-3/h4-20,22,35,54H,21H2,1-3H3,(H,45,55)(H,46,59)(H,47,56)(H,48,58)(H,49,57)(H,60,61)(H,44,52,53)/b23-20+/t35-/m0/s1. The average molecular weight is 855 g/mol. The highest BCUT2D eigenvalue weighted by atomic mass is 16.5. The van der Waals surface area contributed by atoms with Gasteiger partial charge in [-0.05, 0) is 103 Å². The van der Waals surface area contributed by atoms with Gasteiger partial charge in [0, 0.05) is 34.5 Å². The molecule has 63 heavy (non-hydrogen) atoms. The van der Waals surface area contributed by atoms with Crippen LogP contribution in [0, 0.1) is 0 Å². The number of phenolic OH excluding ortho intramolecular Hbond substituents is 1. The highest BCUT2D eigenvalue weighted by molar-refractivity contribution is 6.08. The van der Waals surface area contributed by atoms with Crippen LogP contribution >= 0.6 is 0 Å². The first-order chi connectivity index (χ1) is 30.3. The Labute approximate surface area is 357 Å². The van der Waals surface area contributed by atoms with E-state index >= 15 is 0 Å². The van der Waals surface area contributed by atoms with Crippen LogP contribution in [0.3, 0.4) is 0 Å². The van der Waals surface area contributed by atoms with Crippen molar-refractivity contribution >= 4 is 64.3 Å². The second kappa shape index (κ2) is 19.9. The summed E-state index contributed by atoms with van der Waals surface area (Å²) >= 11 is 0. The van der Waals surface area contributed by atoms with Gasteiger partial charge in [-0.2, -0.15) is 15.4 Å². The zero-order valence-corrected chi connectivity index (χ0v) is 33.6. The van der Waals surface area contributed by atoms with Gasteiger partial charge in [0.15, 0.2) is 5.69 Å². The molecule has 20 heteroatoms. The third-order valence-corrected chi connectivity index (χ3v) is 9.01. The molecule has 0 aliphatic carbocycles. The van der Waals surface area contributed by atoms with Gasteiger partial charge in [-0.25, -0.2) is 14.8 Å². The number of phenols is 1. The maximum atomic E-state index is 13.6. The van der Waals surface area contributed by atoms with Crippen LogP contribution in [0.1, 0.15) is 59.9 Å². The van der Waals surface area contributed by atoms with E-state index in [0.717, 1.165) is 5.56 Å². The highest BCUT2D eigenvalue weighted by Gasteiger charge is 2.24. The molecule has 6 aromatic rings. The molecule has 6 rings (SSSR count). The van der Waals surface area contributed by atoms with Crippen LogP contribution < -0.4 is 36.1 Å². The molecule has 0 unspecified atom stereocenters. The minimum absolute atomic E-state index is 0.0169. The number of aromatic amines is 1. The number of aromatic carboxylic acids is 1. The van der Waals surface area contributed by atoms with E-state index in [1.54, 1.807) is 37.3 Å². The van der Waals surface area contributed by atoms with Crippen LogP contribution in [-0.2, 0) is 16.0 Å². The smallest absolute Gasteiger partial charge is 0.354 e. The number of carboxylic acids is 1. The number of methoxy groups -OCH3 is 2. The molecule has 1 atom stereocenters. The van der Waals surface area contributed by atoms with Crippen LogP contribution in [0.15, 0.2) is 109 Å². The van der Waals surface area contributed by atoms with Crippen molar-refractivity contribution < 1.29 is 48.5 Å². The van der Waals surface area contributed by atoms with Crippen molar-refractivity contribution in [2.45, 2.75) is 19.4 Å². The number of pyridine rings is 2. The van der Waals surface area contributed by atoms with E-state index in [4.69, 9.17) is 9.47 Å². The molecule has 320 valence electrons. The number of ether oxygens (including phenoxy) is 2. The van der Waals surface area contributed by atoms with Crippen molar-refractivity contribution in [2.24, 2.45) is 0 Å². The zero-order chi connectivity index (χ0) is 45.0. The van der Waals surface area contributed by atoms with E-state index in [1.807, 2.05) is 0 Å². The molecule has 0 spiro atoms. The molecule has 20 nitrogen and oxygen atoms in total. The third kappa shape index (κ3) is 11.4.